The molecule has 2 aromatic rings. The molecule has 0 bridgehead atoms. The van der Waals surface area contributed by atoms with Gasteiger partial charge in [-0.25, -0.2) is 0 Å². The Kier molecular flexibility index (Phi) is 3.86. The van der Waals surface area contributed by atoms with Crippen molar-refractivity contribution in [3.8, 4) is 11.5 Å². The largest absolute Gasteiger partial charge is 0.504 e. The molecule has 0 saturated heterocycles. The molecule has 100 valence electrons. The van der Waals surface area contributed by atoms with Gasteiger partial charge in [-0.05, 0) is 30.7 Å². The molecule has 4 N–H and O–H groups in total. The van der Waals surface area contributed by atoms with E-state index in [-0.39, 0.29) is 11.5 Å². The highest BCUT2D eigenvalue weighted by Gasteiger charge is 2.10. The van der Waals surface area contributed by atoms with Crippen LogP contribution in [0.2, 0.25) is 0 Å². The third-order valence-electron chi connectivity index (χ3n) is 2.25. The van der Waals surface area contributed by atoms with Gasteiger partial charge in [-0.2, -0.15) is 0 Å². The minimum absolute atomic E-state index is 0.171. The number of hydrogen-bond donors (Lipinski definition) is 3. The second kappa shape index (κ2) is 5.57. The number of rotatable bonds is 4. The number of aromatic hydroxyl groups is 2. The van der Waals surface area contributed by atoms with Crippen molar-refractivity contribution in [2.24, 2.45) is 0 Å². The van der Waals surface area contributed by atoms with Crippen LogP contribution in [0.1, 0.15) is 17.5 Å². The van der Waals surface area contributed by atoms with Crippen LogP contribution in [-0.2, 0) is 4.74 Å². The molecule has 0 radical (unpaired) electrons. The molecule has 0 fully saturated rings. The number of ether oxygens (including phenoxy) is 1. The third kappa shape index (κ3) is 3.14. The lowest BCUT2D eigenvalue weighted by Gasteiger charge is -2.05. The molecule has 7 heteroatoms. The molecule has 0 spiro atoms. The van der Waals surface area contributed by atoms with Crippen molar-refractivity contribution >= 4 is 28.3 Å². The topological polar surface area (TPSA) is 101 Å². The first-order valence-electron chi connectivity index (χ1n) is 5.56. The second-order valence-corrected chi connectivity index (χ2v) is 4.64. The number of nitrogen functional groups attached to an aromatic ring is 1. The van der Waals surface area contributed by atoms with Gasteiger partial charge in [0.25, 0.3) is 0 Å². The van der Waals surface area contributed by atoms with E-state index in [1.807, 2.05) is 6.92 Å². The van der Waals surface area contributed by atoms with Crippen LogP contribution in [0.15, 0.2) is 18.2 Å². The van der Waals surface area contributed by atoms with E-state index in [0.29, 0.717) is 28.1 Å². The van der Waals surface area contributed by atoms with E-state index in [1.54, 1.807) is 12.1 Å². The zero-order valence-electron chi connectivity index (χ0n) is 10.2. The van der Waals surface area contributed by atoms with Crippen molar-refractivity contribution in [1.29, 1.82) is 0 Å². The number of benzene rings is 1. The summed E-state index contributed by atoms with van der Waals surface area (Å²) in [6.07, 6.45) is 1.70. The Morgan fingerprint density at radius 2 is 2.16 bits per heavy atom. The Labute approximate surface area is 113 Å². The monoisotopic (exact) mass is 279 g/mol. The minimum Gasteiger partial charge on any atom is -0.504 e. The van der Waals surface area contributed by atoms with Crippen molar-refractivity contribution in [1.82, 2.24) is 10.2 Å². The maximum absolute atomic E-state index is 9.45. The molecular weight excluding hydrogens is 266 g/mol. The highest BCUT2D eigenvalue weighted by atomic mass is 32.1. The van der Waals surface area contributed by atoms with Gasteiger partial charge in [-0.1, -0.05) is 17.4 Å². The predicted molar refractivity (Wildman–Crippen MR) is 73.6 cm³/mol. The van der Waals surface area contributed by atoms with Crippen molar-refractivity contribution in [2.45, 2.75) is 6.92 Å². The van der Waals surface area contributed by atoms with Gasteiger partial charge < -0.3 is 20.7 Å². The van der Waals surface area contributed by atoms with Crippen molar-refractivity contribution in [3.63, 3.8) is 0 Å². The van der Waals surface area contributed by atoms with E-state index in [2.05, 4.69) is 10.2 Å². The molecule has 0 aliphatic heterocycles. The molecule has 0 aliphatic carbocycles. The zero-order chi connectivity index (χ0) is 13.8. The SMILES string of the molecule is CCO/C(=C\c1ccc(O)c(O)c1)c1nnc(N)s1. The quantitative estimate of drug-likeness (QED) is 0.585. The molecule has 2 rings (SSSR count). The molecule has 19 heavy (non-hydrogen) atoms. The Morgan fingerprint density at radius 1 is 1.37 bits per heavy atom. The lowest BCUT2D eigenvalue weighted by Crippen LogP contribution is -1.91. The summed E-state index contributed by atoms with van der Waals surface area (Å²) >= 11 is 1.21. The number of phenols is 2. The first-order chi connectivity index (χ1) is 9.10. The number of phenolic OH excluding ortho intramolecular Hbond substituents is 2. The van der Waals surface area contributed by atoms with E-state index in [1.165, 1.54) is 23.5 Å². The summed E-state index contributed by atoms with van der Waals surface area (Å²) in [6, 6.07) is 4.48. The van der Waals surface area contributed by atoms with Crippen molar-refractivity contribution in [3.05, 3.63) is 28.8 Å². The fraction of sp³-hybridized carbons (Fsp3) is 0.167. The average Bonchev–Trinajstić information content (AvgIpc) is 2.80. The Bertz CT molecular complexity index is 610. The van der Waals surface area contributed by atoms with Crippen LogP contribution in [0, 0.1) is 0 Å². The van der Waals surface area contributed by atoms with Gasteiger partial charge in [-0.15, -0.1) is 10.2 Å². The first kappa shape index (κ1) is 13.2. The summed E-state index contributed by atoms with van der Waals surface area (Å²) in [5.74, 6) is 0.151. The number of nitrogens with zero attached hydrogens (tertiary/aromatic N) is 2. The van der Waals surface area contributed by atoms with E-state index < -0.39 is 0 Å². The number of aromatic nitrogens is 2. The molecule has 6 nitrogen and oxygen atoms in total. The predicted octanol–water partition coefficient (Wildman–Crippen LogP) is 2.07. The van der Waals surface area contributed by atoms with Crippen LogP contribution in [-0.4, -0.2) is 27.0 Å². The zero-order valence-corrected chi connectivity index (χ0v) is 11.0. The number of nitrogens with two attached hydrogens (primary N) is 1. The van der Waals surface area contributed by atoms with E-state index in [0.717, 1.165) is 0 Å². The van der Waals surface area contributed by atoms with Gasteiger partial charge >= 0.3 is 0 Å². The van der Waals surface area contributed by atoms with Gasteiger partial charge in [0.2, 0.25) is 5.13 Å². The van der Waals surface area contributed by atoms with E-state index >= 15 is 0 Å². The fourth-order valence-electron chi connectivity index (χ4n) is 1.44. The summed E-state index contributed by atoms with van der Waals surface area (Å²) in [5, 5.41) is 27.3. The molecular formula is C12H13N3O3S. The maximum atomic E-state index is 9.45. The smallest absolute Gasteiger partial charge is 0.203 e. The van der Waals surface area contributed by atoms with Gasteiger partial charge in [0.05, 0.1) is 6.61 Å². The van der Waals surface area contributed by atoms with Gasteiger partial charge in [0.15, 0.2) is 22.3 Å². The molecule has 0 amide bonds. The van der Waals surface area contributed by atoms with Gasteiger partial charge in [0, 0.05) is 0 Å². The van der Waals surface area contributed by atoms with Crippen LogP contribution >= 0.6 is 11.3 Å². The molecule has 1 heterocycles. The highest BCUT2D eigenvalue weighted by Crippen LogP contribution is 2.28. The summed E-state index contributed by atoms with van der Waals surface area (Å²) in [7, 11) is 0. The Morgan fingerprint density at radius 3 is 2.74 bits per heavy atom. The normalized spacial score (nSPS) is 11.5. The lowest BCUT2D eigenvalue weighted by molar-refractivity contribution is 0.300. The fourth-order valence-corrected chi connectivity index (χ4v) is 2.02. The Balaban J connectivity index is 2.37. The van der Waals surface area contributed by atoms with Crippen LogP contribution < -0.4 is 5.73 Å². The number of anilines is 1. The molecule has 0 aliphatic rings. The van der Waals surface area contributed by atoms with Crippen LogP contribution in [0.3, 0.4) is 0 Å². The Hall–Kier alpha value is -2.28. The molecule has 0 unspecified atom stereocenters. The second-order valence-electron chi connectivity index (χ2n) is 3.64. The highest BCUT2D eigenvalue weighted by molar-refractivity contribution is 7.16. The molecule has 1 aromatic carbocycles. The standard InChI is InChI=1S/C12H13N3O3S/c1-2-18-10(11-14-15-12(13)19-11)6-7-3-4-8(16)9(17)5-7/h3-6,16-17H,2H2,1H3,(H2,13,15)/b10-6-. The molecule has 1 aromatic heterocycles. The summed E-state index contributed by atoms with van der Waals surface area (Å²) in [5.41, 5.74) is 6.21. The van der Waals surface area contributed by atoms with E-state index in [4.69, 9.17) is 10.5 Å². The van der Waals surface area contributed by atoms with Crippen molar-refractivity contribution in [2.75, 3.05) is 12.3 Å². The molecule has 0 saturated carbocycles. The first-order valence-corrected chi connectivity index (χ1v) is 6.37. The van der Waals surface area contributed by atoms with Crippen molar-refractivity contribution < 1.29 is 14.9 Å². The van der Waals surface area contributed by atoms with E-state index in [9.17, 15) is 10.2 Å². The van der Waals surface area contributed by atoms with Gasteiger partial charge in [0.1, 0.15) is 0 Å². The minimum atomic E-state index is -0.193. The van der Waals surface area contributed by atoms with Crippen LogP contribution in [0.4, 0.5) is 5.13 Å². The lowest BCUT2D eigenvalue weighted by atomic mass is 10.2. The number of hydrogen-bond acceptors (Lipinski definition) is 7. The summed E-state index contributed by atoms with van der Waals surface area (Å²) in [6.45, 7) is 2.32. The summed E-state index contributed by atoms with van der Waals surface area (Å²) < 4.78 is 5.48. The maximum Gasteiger partial charge on any atom is 0.203 e. The van der Waals surface area contributed by atoms with Crippen LogP contribution in [0.5, 0.6) is 11.5 Å². The summed E-state index contributed by atoms with van der Waals surface area (Å²) in [4.78, 5) is 0. The van der Waals surface area contributed by atoms with Crippen LogP contribution in [0.25, 0.3) is 11.8 Å². The third-order valence-corrected chi connectivity index (χ3v) is 3.02. The molecule has 0 atom stereocenters. The average molecular weight is 279 g/mol. The van der Waals surface area contributed by atoms with Gasteiger partial charge in [-0.3, -0.25) is 0 Å².